The number of Topliss-reactive ketones (excluding diaryl/α,β-unsaturated/α-hetero) is 1. The molecule has 0 spiro atoms. The highest BCUT2D eigenvalue weighted by Crippen LogP contribution is 2.47. The SMILES string of the molecule is CCC1=C2C(=O)CC3=C4NC(=C(C)C5=NC(=CC6=NC(=C(CC)/C6=C\O)C=C1N=C32)C([C@@H](C)O)=C5C)[C@@H](C)C4CCC(=O)OC/C=C(\C)CCC[C@H](C)CCC[C@H](C)CCCC(C)C. The molecule has 0 aromatic heterocycles. The zero-order valence-corrected chi connectivity index (χ0v) is 40.8. The van der Waals surface area contributed by atoms with Crippen molar-refractivity contribution < 1.29 is 24.5 Å². The van der Waals surface area contributed by atoms with Gasteiger partial charge in [0.1, 0.15) is 6.61 Å². The van der Waals surface area contributed by atoms with E-state index >= 15 is 0 Å². The number of carbonyl (C=O) groups is 2. The lowest BCUT2D eigenvalue weighted by Gasteiger charge is -2.17. The van der Waals surface area contributed by atoms with Gasteiger partial charge in [0.15, 0.2) is 5.78 Å². The van der Waals surface area contributed by atoms with Crippen molar-refractivity contribution in [3.63, 3.8) is 0 Å². The van der Waals surface area contributed by atoms with Crippen molar-refractivity contribution in [2.45, 2.75) is 172 Å². The standard InChI is InChI=1S/C55H76N4O5/c1-12-39-43(30-60)46-29-47-50(38(11)61)36(9)53(58-47)37(10)52-35(8)41(54(59-52)42-27-48(62)51-40(13-2)45(57-55(42)51)28-44(39)56-46)23-24-49(63)64-26-25-34(7)22-16-21-33(6)20-15-19-32(5)18-14-17-31(3)4/h25,28-33,35,38,41,59-61H,12-24,26-27H2,1-11H3/b34-25+,43-30+,45-28?,47-29?,52-37?,54-42?/t32-,33-,35+,38-,41?/m1/s1. The fourth-order valence-electron chi connectivity index (χ4n) is 10.7. The Labute approximate surface area is 383 Å². The first-order chi connectivity index (χ1) is 30.6. The molecular formula is C55H76N4O5. The first kappa shape index (κ1) is 48.8. The lowest BCUT2D eigenvalue weighted by Crippen LogP contribution is -2.16. The van der Waals surface area contributed by atoms with Gasteiger partial charge in [-0.2, -0.15) is 0 Å². The third-order valence-electron chi connectivity index (χ3n) is 14.5. The van der Waals surface area contributed by atoms with Crippen LogP contribution in [-0.4, -0.2) is 51.8 Å². The van der Waals surface area contributed by atoms with Crippen LogP contribution >= 0.6 is 0 Å². The Morgan fingerprint density at radius 3 is 2.16 bits per heavy atom. The predicted octanol–water partition coefficient (Wildman–Crippen LogP) is 12.7. The first-order valence-electron chi connectivity index (χ1n) is 24.5. The van der Waals surface area contributed by atoms with E-state index < -0.39 is 6.10 Å². The maximum absolute atomic E-state index is 14.0. The second-order valence-corrected chi connectivity index (χ2v) is 19.8. The van der Waals surface area contributed by atoms with Crippen molar-refractivity contribution in [1.29, 1.82) is 0 Å². The van der Waals surface area contributed by atoms with E-state index in [0.717, 1.165) is 81.8 Å². The van der Waals surface area contributed by atoms with Gasteiger partial charge in [0.25, 0.3) is 0 Å². The number of nitrogens with one attached hydrogen (secondary N) is 1. The number of rotatable bonds is 20. The van der Waals surface area contributed by atoms with Gasteiger partial charge in [0.05, 0.1) is 46.6 Å². The molecule has 0 aromatic rings. The van der Waals surface area contributed by atoms with E-state index in [1.807, 2.05) is 39.8 Å². The minimum absolute atomic E-state index is 0.0421. The number of allylic oxidation sites excluding steroid dienone is 12. The summed E-state index contributed by atoms with van der Waals surface area (Å²) < 4.78 is 5.81. The second kappa shape index (κ2) is 21.6. The highest BCUT2D eigenvalue weighted by molar-refractivity contribution is 6.38. The number of aliphatic hydroxyl groups is 2. The number of nitrogens with zero attached hydrogens (tertiary/aromatic N) is 3. The Hall–Kier alpha value is -4.63. The smallest absolute Gasteiger partial charge is 0.306 e. The number of hydrogen-bond donors (Lipinski definition) is 3. The van der Waals surface area contributed by atoms with Crippen LogP contribution in [0.1, 0.15) is 166 Å². The molecule has 6 rings (SSSR count). The van der Waals surface area contributed by atoms with Crippen LogP contribution in [0.15, 0.2) is 118 Å². The van der Waals surface area contributed by atoms with Crippen molar-refractivity contribution in [1.82, 2.24) is 5.32 Å². The summed E-state index contributed by atoms with van der Waals surface area (Å²) >= 11 is 0. The third-order valence-corrected chi connectivity index (χ3v) is 14.5. The summed E-state index contributed by atoms with van der Waals surface area (Å²) in [5, 5.41) is 25.4. The van der Waals surface area contributed by atoms with E-state index in [1.165, 1.54) is 50.5 Å². The summed E-state index contributed by atoms with van der Waals surface area (Å²) in [4.78, 5) is 42.7. The molecule has 9 heteroatoms. The highest BCUT2D eigenvalue weighted by Gasteiger charge is 2.44. The zero-order chi connectivity index (χ0) is 46.4. The summed E-state index contributed by atoms with van der Waals surface area (Å²) in [5.74, 6) is 2.02. The van der Waals surface area contributed by atoms with Gasteiger partial charge >= 0.3 is 5.97 Å². The van der Waals surface area contributed by atoms with Gasteiger partial charge in [-0.15, -0.1) is 0 Å². The molecule has 0 aromatic carbocycles. The molecule has 3 N–H and O–H groups in total. The molecule has 1 saturated carbocycles. The van der Waals surface area contributed by atoms with E-state index in [1.54, 1.807) is 6.92 Å². The Morgan fingerprint density at radius 2 is 1.52 bits per heavy atom. The average Bonchev–Trinajstić information content (AvgIpc) is 4.03. The van der Waals surface area contributed by atoms with Crippen LogP contribution in [0.4, 0.5) is 0 Å². The predicted molar refractivity (Wildman–Crippen MR) is 262 cm³/mol. The Balaban J connectivity index is 1.19. The highest BCUT2D eigenvalue weighted by atomic mass is 16.5. The number of aliphatic imine (C=N–C) groups is 3. The van der Waals surface area contributed by atoms with Crippen LogP contribution in [0.3, 0.4) is 0 Å². The molecule has 6 aliphatic rings. The average molecular weight is 873 g/mol. The van der Waals surface area contributed by atoms with Gasteiger partial charge in [-0.3, -0.25) is 9.59 Å². The number of esters is 1. The maximum atomic E-state index is 14.0. The Kier molecular flexibility index (Phi) is 16.5. The monoisotopic (exact) mass is 873 g/mol. The zero-order valence-electron chi connectivity index (χ0n) is 40.8. The van der Waals surface area contributed by atoms with Gasteiger partial charge in [0, 0.05) is 58.4 Å². The molecule has 1 saturated heterocycles. The summed E-state index contributed by atoms with van der Waals surface area (Å²) in [5.41, 5.74) is 13.6. The van der Waals surface area contributed by atoms with Gasteiger partial charge in [-0.05, 0) is 118 Å². The third kappa shape index (κ3) is 10.7. The van der Waals surface area contributed by atoms with E-state index in [-0.39, 0.29) is 43.0 Å². The van der Waals surface area contributed by atoms with Gasteiger partial charge in [-0.25, -0.2) is 15.0 Å². The molecule has 5 atom stereocenters. The first-order valence-corrected chi connectivity index (χ1v) is 24.5. The molecular weight excluding hydrogens is 797 g/mol. The number of ether oxygens (including phenoxy) is 1. The van der Waals surface area contributed by atoms with Crippen LogP contribution in [0, 0.1) is 29.6 Å². The molecule has 0 amide bonds. The van der Waals surface area contributed by atoms with Crippen molar-refractivity contribution in [3.8, 4) is 0 Å². The second-order valence-electron chi connectivity index (χ2n) is 19.8. The molecule has 64 heavy (non-hydrogen) atoms. The minimum Gasteiger partial charge on any atom is -0.515 e. The number of hydrogen-bond acceptors (Lipinski definition) is 9. The maximum Gasteiger partial charge on any atom is 0.306 e. The van der Waals surface area contributed by atoms with Crippen molar-refractivity contribution in [3.05, 3.63) is 103 Å². The lowest BCUT2D eigenvalue weighted by molar-refractivity contribution is -0.142. The van der Waals surface area contributed by atoms with Crippen LogP contribution in [-0.2, 0) is 14.3 Å². The number of aliphatic hydroxyl groups excluding tert-OH is 2. The van der Waals surface area contributed by atoms with Gasteiger partial charge in [0.2, 0.25) is 0 Å². The quantitative estimate of drug-likeness (QED) is 0.0634. The fourth-order valence-corrected chi connectivity index (χ4v) is 10.7. The number of fused-ring (bicyclic) bond motifs is 5. The summed E-state index contributed by atoms with van der Waals surface area (Å²) in [6.45, 7) is 23.9. The largest absolute Gasteiger partial charge is 0.515 e. The van der Waals surface area contributed by atoms with E-state index in [4.69, 9.17) is 19.7 Å². The van der Waals surface area contributed by atoms with E-state index in [2.05, 4.69) is 52.9 Å². The molecule has 8 bridgehead atoms. The molecule has 1 aliphatic carbocycles. The topological polar surface area (TPSA) is 133 Å². The Morgan fingerprint density at radius 1 is 0.859 bits per heavy atom. The normalized spacial score (nSPS) is 23.1. The van der Waals surface area contributed by atoms with Crippen LogP contribution < -0.4 is 5.32 Å². The van der Waals surface area contributed by atoms with E-state index in [9.17, 15) is 19.8 Å². The molecule has 5 heterocycles. The van der Waals surface area contributed by atoms with Crippen molar-refractivity contribution in [2.75, 3.05) is 6.61 Å². The van der Waals surface area contributed by atoms with Crippen molar-refractivity contribution >= 4 is 28.9 Å². The number of ketones is 1. The molecule has 346 valence electrons. The number of carbonyl (C=O) groups excluding carboxylic acids is 2. The lowest BCUT2D eigenvalue weighted by atomic mass is 9.85. The molecule has 0 radical (unpaired) electrons. The molecule has 2 fully saturated rings. The summed E-state index contributed by atoms with van der Waals surface area (Å²) in [7, 11) is 0. The Bertz CT molecular complexity index is 2260. The van der Waals surface area contributed by atoms with Gasteiger partial charge in [-0.1, -0.05) is 99.0 Å². The van der Waals surface area contributed by atoms with Crippen molar-refractivity contribution in [2.24, 2.45) is 44.6 Å². The molecule has 5 aliphatic heterocycles. The van der Waals surface area contributed by atoms with Crippen LogP contribution in [0.2, 0.25) is 0 Å². The summed E-state index contributed by atoms with van der Waals surface area (Å²) in [6.07, 6.45) is 19.8. The van der Waals surface area contributed by atoms with Crippen LogP contribution in [0.25, 0.3) is 0 Å². The van der Waals surface area contributed by atoms with Gasteiger partial charge < -0.3 is 20.3 Å². The van der Waals surface area contributed by atoms with E-state index in [0.29, 0.717) is 64.5 Å². The minimum atomic E-state index is -0.798. The van der Waals surface area contributed by atoms with Crippen LogP contribution in [0.5, 0.6) is 0 Å². The summed E-state index contributed by atoms with van der Waals surface area (Å²) in [6, 6.07) is 0. The molecule has 1 unspecified atom stereocenters. The molecule has 9 nitrogen and oxygen atoms in total. The fraction of sp³-hybridized carbons (Fsp3) is 0.582.